The standard InChI is InChI=1S/C18H19N3O/c1-13(2)21-12-19-16-11-15(8-9-17(16)21)20-18(22)10-14-6-4-3-5-7-14/h3-9,11-13H,10H2,1-2H3,(H,20,22). The third-order valence-electron chi connectivity index (χ3n) is 3.62. The van der Waals surface area contributed by atoms with Crippen molar-refractivity contribution in [3.05, 3.63) is 60.4 Å². The Kier molecular flexibility index (Phi) is 3.92. The van der Waals surface area contributed by atoms with E-state index in [1.807, 2.05) is 54.9 Å². The number of anilines is 1. The molecule has 0 atom stereocenters. The number of rotatable bonds is 4. The first kappa shape index (κ1) is 14.3. The van der Waals surface area contributed by atoms with Crippen molar-refractivity contribution >= 4 is 22.6 Å². The number of aromatic nitrogens is 2. The van der Waals surface area contributed by atoms with Crippen molar-refractivity contribution < 1.29 is 4.79 Å². The summed E-state index contributed by atoms with van der Waals surface area (Å²) in [5.74, 6) is -0.0196. The third-order valence-corrected chi connectivity index (χ3v) is 3.62. The molecule has 22 heavy (non-hydrogen) atoms. The van der Waals surface area contributed by atoms with E-state index in [4.69, 9.17) is 0 Å². The van der Waals surface area contributed by atoms with Gasteiger partial charge in [0.1, 0.15) is 0 Å². The van der Waals surface area contributed by atoms with Crippen LogP contribution in [0.3, 0.4) is 0 Å². The Hall–Kier alpha value is -2.62. The molecule has 4 heteroatoms. The van der Waals surface area contributed by atoms with Crippen molar-refractivity contribution in [2.24, 2.45) is 0 Å². The number of benzene rings is 2. The molecule has 0 aliphatic rings. The second-order valence-electron chi connectivity index (χ2n) is 5.66. The van der Waals surface area contributed by atoms with Gasteiger partial charge in [-0.15, -0.1) is 0 Å². The average Bonchev–Trinajstić information content (AvgIpc) is 2.91. The average molecular weight is 293 g/mol. The van der Waals surface area contributed by atoms with Gasteiger partial charge in [0.05, 0.1) is 23.8 Å². The van der Waals surface area contributed by atoms with Gasteiger partial charge in [-0.2, -0.15) is 0 Å². The molecule has 2 aromatic carbocycles. The van der Waals surface area contributed by atoms with Crippen LogP contribution in [0.25, 0.3) is 11.0 Å². The molecule has 0 fully saturated rings. The number of amides is 1. The fraction of sp³-hybridized carbons (Fsp3) is 0.222. The Morgan fingerprint density at radius 3 is 2.68 bits per heavy atom. The van der Waals surface area contributed by atoms with Crippen molar-refractivity contribution in [2.45, 2.75) is 26.3 Å². The van der Waals surface area contributed by atoms with Gasteiger partial charge in [0, 0.05) is 11.7 Å². The predicted molar refractivity (Wildman–Crippen MR) is 88.9 cm³/mol. The van der Waals surface area contributed by atoms with Gasteiger partial charge in [-0.05, 0) is 37.6 Å². The molecule has 1 heterocycles. The van der Waals surface area contributed by atoms with Crippen LogP contribution in [0.4, 0.5) is 5.69 Å². The number of imidazole rings is 1. The summed E-state index contributed by atoms with van der Waals surface area (Å²) in [6, 6.07) is 15.9. The summed E-state index contributed by atoms with van der Waals surface area (Å²) in [6.07, 6.45) is 2.21. The highest BCUT2D eigenvalue weighted by atomic mass is 16.1. The van der Waals surface area contributed by atoms with Crippen molar-refractivity contribution in [1.82, 2.24) is 9.55 Å². The quantitative estimate of drug-likeness (QED) is 0.795. The molecule has 1 N–H and O–H groups in total. The highest BCUT2D eigenvalue weighted by Crippen LogP contribution is 2.21. The van der Waals surface area contributed by atoms with Crippen LogP contribution in [0.5, 0.6) is 0 Å². The highest BCUT2D eigenvalue weighted by molar-refractivity contribution is 5.94. The van der Waals surface area contributed by atoms with E-state index >= 15 is 0 Å². The molecule has 4 nitrogen and oxygen atoms in total. The lowest BCUT2D eigenvalue weighted by molar-refractivity contribution is -0.115. The van der Waals surface area contributed by atoms with E-state index in [1.165, 1.54) is 0 Å². The van der Waals surface area contributed by atoms with Crippen molar-refractivity contribution in [3.63, 3.8) is 0 Å². The molecule has 0 bridgehead atoms. The lowest BCUT2D eigenvalue weighted by Gasteiger charge is -2.09. The molecule has 0 unspecified atom stereocenters. The van der Waals surface area contributed by atoms with E-state index in [9.17, 15) is 4.79 Å². The fourth-order valence-electron chi connectivity index (χ4n) is 2.51. The molecule has 112 valence electrons. The van der Waals surface area contributed by atoms with Crippen molar-refractivity contribution in [1.29, 1.82) is 0 Å². The van der Waals surface area contributed by atoms with Crippen LogP contribution in [-0.4, -0.2) is 15.5 Å². The van der Waals surface area contributed by atoms with Gasteiger partial charge in [0.15, 0.2) is 0 Å². The van der Waals surface area contributed by atoms with Crippen LogP contribution in [0.2, 0.25) is 0 Å². The molecular formula is C18H19N3O. The molecule has 0 aliphatic heterocycles. The zero-order valence-corrected chi connectivity index (χ0v) is 12.8. The maximum absolute atomic E-state index is 12.1. The molecule has 1 amide bonds. The molecule has 0 saturated heterocycles. The maximum Gasteiger partial charge on any atom is 0.228 e. The van der Waals surface area contributed by atoms with Gasteiger partial charge in [0.25, 0.3) is 0 Å². The van der Waals surface area contributed by atoms with Gasteiger partial charge in [-0.25, -0.2) is 4.98 Å². The van der Waals surface area contributed by atoms with Crippen LogP contribution in [0, 0.1) is 0 Å². The van der Waals surface area contributed by atoms with Gasteiger partial charge < -0.3 is 9.88 Å². The molecule has 3 rings (SSSR count). The van der Waals surface area contributed by atoms with Gasteiger partial charge >= 0.3 is 0 Å². The zero-order chi connectivity index (χ0) is 15.5. The van der Waals surface area contributed by atoms with Crippen LogP contribution < -0.4 is 5.32 Å². The second-order valence-corrected chi connectivity index (χ2v) is 5.66. The Morgan fingerprint density at radius 1 is 1.18 bits per heavy atom. The lowest BCUT2D eigenvalue weighted by Crippen LogP contribution is -2.14. The second kappa shape index (κ2) is 6.02. The molecule has 0 aliphatic carbocycles. The van der Waals surface area contributed by atoms with Crippen LogP contribution in [0.15, 0.2) is 54.9 Å². The Labute approximate surface area is 129 Å². The summed E-state index contributed by atoms with van der Waals surface area (Å²) in [5, 5.41) is 2.93. The highest BCUT2D eigenvalue weighted by Gasteiger charge is 2.08. The summed E-state index contributed by atoms with van der Waals surface area (Å²) in [4.78, 5) is 16.5. The topological polar surface area (TPSA) is 46.9 Å². The largest absolute Gasteiger partial charge is 0.328 e. The first-order valence-corrected chi connectivity index (χ1v) is 7.44. The lowest BCUT2D eigenvalue weighted by atomic mass is 10.1. The summed E-state index contributed by atoms with van der Waals surface area (Å²) in [5.41, 5.74) is 3.76. The molecule has 0 spiro atoms. The number of nitrogens with zero attached hydrogens (tertiary/aromatic N) is 2. The summed E-state index contributed by atoms with van der Waals surface area (Å²) in [7, 11) is 0. The predicted octanol–water partition coefficient (Wildman–Crippen LogP) is 3.80. The van der Waals surface area contributed by atoms with Crippen LogP contribution in [0.1, 0.15) is 25.5 Å². The molecule has 0 saturated carbocycles. The van der Waals surface area contributed by atoms with E-state index in [0.717, 1.165) is 22.3 Å². The Balaban J connectivity index is 1.75. The van der Waals surface area contributed by atoms with E-state index in [1.54, 1.807) is 0 Å². The normalized spacial score (nSPS) is 11.0. The Morgan fingerprint density at radius 2 is 1.95 bits per heavy atom. The van der Waals surface area contributed by atoms with Gasteiger partial charge in [0.2, 0.25) is 5.91 Å². The monoisotopic (exact) mass is 293 g/mol. The SMILES string of the molecule is CC(C)n1cnc2cc(NC(=O)Cc3ccccc3)ccc21. The summed E-state index contributed by atoms with van der Waals surface area (Å²) < 4.78 is 2.12. The Bertz CT molecular complexity index is 790. The first-order chi connectivity index (χ1) is 10.6. The number of nitrogens with one attached hydrogen (secondary N) is 1. The number of fused-ring (bicyclic) bond motifs is 1. The van der Waals surface area contributed by atoms with Crippen LogP contribution >= 0.6 is 0 Å². The minimum atomic E-state index is -0.0196. The zero-order valence-electron chi connectivity index (χ0n) is 12.8. The van der Waals surface area contributed by atoms with Crippen molar-refractivity contribution in [2.75, 3.05) is 5.32 Å². The van der Waals surface area contributed by atoms with Crippen molar-refractivity contribution in [3.8, 4) is 0 Å². The minimum absolute atomic E-state index is 0.0196. The van der Waals surface area contributed by atoms with Crippen LogP contribution in [-0.2, 0) is 11.2 Å². The smallest absolute Gasteiger partial charge is 0.228 e. The summed E-state index contributed by atoms with van der Waals surface area (Å²) >= 11 is 0. The maximum atomic E-state index is 12.1. The number of carbonyl (C=O) groups excluding carboxylic acids is 1. The number of hydrogen-bond donors (Lipinski definition) is 1. The first-order valence-electron chi connectivity index (χ1n) is 7.44. The molecule has 0 radical (unpaired) electrons. The number of carbonyl (C=O) groups is 1. The van der Waals surface area contributed by atoms with E-state index in [-0.39, 0.29) is 5.91 Å². The fourth-order valence-corrected chi connectivity index (χ4v) is 2.51. The number of hydrogen-bond acceptors (Lipinski definition) is 2. The van der Waals surface area contributed by atoms with E-state index < -0.39 is 0 Å². The molecule has 1 aromatic heterocycles. The molecular weight excluding hydrogens is 274 g/mol. The van der Waals surface area contributed by atoms with E-state index in [0.29, 0.717) is 12.5 Å². The molecule has 3 aromatic rings. The third kappa shape index (κ3) is 3.01. The summed E-state index contributed by atoms with van der Waals surface area (Å²) in [6.45, 7) is 4.24. The van der Waals surface area contributed by atoms with Gasteiger partial charge in [-0.3, -0.25) is 4.79 Å². The minimum Gasteiger partial charge on any atom is -0.328 e. The van der Waals surface area contributed by atoms with E-state index in [2.05, 4.69) is 28.7 Å². The van der Waals surface area contributed by atoms with Gasteiger partial charge in [-0.1, -0.05) is 30.3 Å².